The van der Waals surface area contributed by atoms with Crippen molar-refractivity contribution in [2.45, 2.75) is 19.6 Å². The summed E-state index contributed by atoms with van der Waals surface area (Å²) in [6, 6.07) is 3.21. The standard InChI is InChI=1S/C11H10F3N3O3S/c1-6(18)17(19-2)5-7-3-4-8(21-7)9-15-10(20-16-9)11(12,13)14/h3-4H,5H2,1-2H3. The van der Waals surface area contributed by atoms with Gasteiger partial charge in [0, 0.05) is 11.8 Å². The van der Waals surface area contributed by atoms with Crippen molar-refractivity contribution in [1.29, 1.82) is 0 Å². The number of carbonyl (C=O) groups excluding carboxylic acids is 1. The fraction of sp³-hybridized carbons (Fsp3) is 0.364. The summed E-state index contributed by atoms with van der Waals surface area (Å²) in [5.74, 6) is -1.83. The average Bonchev–Trinajstić information content (AvgIpc) is 3.03. The molecule has 2 heterocycles. The first kappa shape index (κ1) is 15.4. The van der Waals surface area contributed by atoms with Crippen LogP contribution in [0.5, 0.6) is 0 Å². The van der Waals surface area contributed by atoms with Crippen LogP contribution in [0, 0.1) is 0 Å². The molecule has 2 aromatic rings. The second-order valence-electron chi connectivity index (χ2n) is 3.93. The van der Waals surface area contributed by atoms with Crippen molar-refractivity contribution in [1.82, 2.24) is 15.2 Å². The van der Waals surface area contributed by atoms with Gasteiger partial charge in [-0.05, 0) is 12.1 Å². The van der Waals surface area contributed by atoms with Crippen molar-refractivity contribution in [2.75, 3.05) is 7.11 Å². The fourth-order valence-electron chi connectivity index (χ4n) is 1.47. The van der Waals surface area contributed by atoms with Gasteiger partial charge >= 0.3 is 12.1 Å². The highest BCUT2D eigenvalue weighted by atomic mass is 32.1. The highest BCUT2D eigenvalue weighted by Gasteiger charge is 2.38. The van der Waals surface area contributed by atoms with Crippen LogP contribution >= 0.6 is 11.3 Å². The predicted molar refractivity (Wildman–Crippen MR) is 65.8 cm³/mol. The van der Waals surface area contributed by atoms with Crippen molar-refractivity contribution >= 4 is 17.2 Å². The first-order chi connectivity index (χ1) is 9.81. The zero-order chi connectivity index (χ0) is 15.6. The Morgan fingerprint density at radius 3 is 2.71 bits per heavy atom. The van der Waals surface area contributed by atoms with Crippen LogP contribution in [-0.2, 0) is 22.4 Å². The number of thiophene rings is 1. The van der Waals surface area contributed by atoms with Crippen LogP contribution in [0.2, 0.25) is 0 Å². The van der Waals surface area contributed by atoms with Gasteiger partial charge in [-0.25, -0.2) is 5.06 Å². The average molecular weight is 321 g/mol. The SMILES string of the molecule is CON(Cc1ccc(-c2noc(C(F)(F)F)n2)s1)C(C)=O. The number of carbonyl (C=O) groups is 1. The van der Waals surface area contributed by atoms with Gasteiger partial charge in [-0.3, -0.25) is 9.63 Å². The van der Waals surface area contributed by atoms with E-state index in [-0.39, 0.29) is 18.3 Å². The normalized spacial score (nSPS) is 11.7. The van der Waals surface area contributed by atoms with Gasteiger partial charge in [0.15, 0.2) is 0 Å². The van der Waals surface area contributed by atoms with E-state index in [4.69, 9.17) is 4.84 Å². The van der Waals surface area contributed by atoms with E-state index in [1.54, 1.807) is 12.1 Å². The molecule has 0 aliphatic heterocycles. The van der Waals surface area contributed by atoms with Crippen LogP contribution in [0.3, 0.4) is 0 Å². The van der Waals surface area contributed by atoms with Crippen molar-refractivity contribution in [3.63, 3.8) is 0 Å². The first-order valence-electron chi connectivity index (χ1n) is 5.63. The van der Waals surface area contributed by atoms with Gasteiger partial charge < -0.3 is 4.52 Å². The number of hydroxylamine groups is 2. The molecule has 2 aromatic heterocycles. The Morgan fingerprint density at radius 1 is 1.48 bits per heavy atom. The third-order valence-electron chi connectivity index (χ3n) is 2.42. The fourth-order valence-corrected chi connectivity index (χ4v) is 2.38. The molecule has 114 valence electrons. The van der Waals surface area contributed by atoms with Crippen molar-refractivity contribution in [3.8, 4) is 10.7 Å². The molecule has 10 heteroatoms. The Kier molecular flexibility index (Phi) is 4.28. The molecule has 0 aliphatic carbocycles. The van der Waals surface area contributed by atoms with Crippen LogP contribution < -0.4 is 0 Å². The largest absolute Gasteiger partial charge is 0.471 e. The molecule has 0 unspecified atom stereocenters. The molecular weight excluding hydrogens is 311 g/mol. The summed E-state index contributed by atoms with van der Waals surface area (Å²) in [7, 11) is 1.35. The van der Waals surface area contributed by atoms with E-state index in [1.165, 1.54) is 14.0 Å². The minimum Gasteiger partial charge on any atom is -0.329 e. The Balaban J connectivity index is 2.16. The molecule has 0 saturated carbocycles. The smallest absolute Gasteiger partial charge is 0.329 e. The minimum absolute atomic E-state index is 0.148. The lowest BCUT2D eigenvalue weighted by atomic mass is 10.4. The van der Waals surface area contributed by atoms with Crippen molar-refractivity contribution in [2.24, 2.45) is 0 Å². The summed E-state index contributed by atoms with van der Waals surface area (Å²) < 4.78 is 41.3. The molecule has 0 radical (unpaired) electrons. The number of amides is 1. The third-order valence-corrected chi connectivity index (χ3v) is 3.49. The van der Waals surface area contributed by atoms with Crippen molar-refractivity contribution in [3.05, 3.63) is 22.9 Å². The van der Waals surface area contributed by atoms with Crippen LogP contribution in [0.25, 0.3) is 10.7 Å². The van der Waals surface area contributed by atoms with Crippen LogP contribution in [0.1, 0.15) is 17.7 Å². The minimum atomic E-state index is -4.67. The van der Waals surface area contributed by atoms with E-state index in [9.17, 15) is 18.0 Å². The van der Waals surface area contributed by atoms with Gasteiger partial charge in [0.2, 0.25) is 11.7 Å². The molecule has 1 amide bonds. The molecule has 0 N–H and O–H groups in total. The molecule has 2 rings (SSSR count). The summed E-state index contributed by atoms with van der Waals surface area (Å²) in [6.07, 6.45) is -4.67. The van der Waals surface area contributed by atoms with E-state index in [0.29, 0.717) is 9.75 Å². The predicted octanol–water partition coefficient (Wildman–Crippen LogP) is 2.73. The number of halogens is 3. The van der Waals surface area contributed by atoms with Gasteiger partial charge in [0.1, 0.15) is 0 Å². The van der Waals surface area contributed by atoms with Crippen molar-refractivity contribution < 1.29 is 27.3 Å². The molecule has 0 atom stereocenters. The Morgan fingerprint density at radius 2 is 2.19 bits per heavy atom. The summed E-state index contributed by atoms with van der Waals surface area (Å²) in [6.45, 7) is 1.52. The molecule has 0 fully saturated rings. The Labute approximate surface area is 121 Å². The van der Waals surface area contributed by atoms with Gasteiger partial charge in [-0.2, -0.15) is 18.2 Å². The number of hydrogen-bond acceptors (Lipinski definition) is 6. The second kappa shape index (κ2) is 5.82. The van der Waals surface area contributed by atoms with Gasteiger partial charge in [-0.1, -0.05) is 5.16 Å². The summed E-state index contributed by atoms with van der Waals surface area (Å²) >= 11 is 1.14. The molecule has 0 spiro atoms. The van der Waals surface area contributed by atoms with E-state index in [0.717, 1.165) is 16.4 Å². The van der Waals surface area contributed by atoms with Crippen LogP contribution in [-0.4, -0.2) is 28.2 Å². The first-order valence-corrected chi connectivity index (χ1v) is 6.45. The van der Waals surface area contributed by atoms with Gasteiger partial charge in [0.25, 0.3) is 0 Å². The summed E-state index contributed by atoms with van der Waals surface area (Å²) in [5.41, 5.74) is 0. The highest BCUT2D eigenvalue weighted by Crippen LogP contribution is 2.31. The Hall–Kier alpha value is -1.94. The number of alkyl halides is 3. The van der Waals surface area contributed by atoms with E-state index in [1.807, 2.05) is 0 Å². The van der Waals surface area contributed by atoms with E-state index >= 15 is 0 Å². The molecule has 0 bridgehead atoms. The second-order valence-corrected chi connectivity index (χ2v) is 5.09. The highest BCUT2D eigenvalue weighted by molar-refractivity contribution is 7.15. The number of rotatable bonds is 4. The zero-order valence-electron chi connectivity index (χ0n) is 11.0. The topological polar surface area (TPSA) is 68.5 Å². The number of aromatic nitrogens is 2. The maximum absolute atomic E-state index is 12.4. The van der Waals surface area contributed by atoms with Gasteiger partial charge in [-0.15, -0.1) is 11.3 Å². The van der Waals surface area contributed by atoms with Crippen LogP contribution in [0.4, 0.5) is 13.2 Å². The zero-order valence-corrected chi connectivity index (χ0v) is 11.8. The lowest BCUT2D eigenvalue weighted by Gasteiger charge is -2.16. The molecule has 6 nitrogen and oxygen atoms in total. The molecule has 0 aromatic carbocycles. The summed E-state index contributed by atoms with van der Waals surface area (Å²) in [5, 5.41) is 4.41. The van der Waals surface area contributed by atoms with E-state index < -0.39 is 12.1 Å². The molecule has 0 aliphatic rings. The van der Waals surface area contributed by atoms with Crippen LogP contribution in [0.15, 0.2) is 16.7 Å². The van der Waals surface area contributed by atoms with Gasteiger partial charge in [0.05, 0.1) is 18.5 Å². The molecule has 21 heavy (non-hydrogen) atoms. The lowest BCUT2D eigenvalue weighted by Crippen LogP contribution is -2.26. The molecular formula is C11H10F3N3O3S. The maximum atomic E-state index is 12.4. The lowest BCUT2D eigenvalue weighted by molar-refractivity contribution is -0.176. The summed E-state index contributed by atoms with van der Waals surface area (Å²) in [4.78, 5) is 20.5. The number of nitrogens with zero attached hydrogens (tertiary/aromatic N) is 3. The maximum Gasteiger partial charge on any atom is 0.471 e. The quantitative estimate of drug-likeness (QED) is 0.810. The molecule has 0 saturated heterocycles. The monoisotopic (exact) mass is 321 g/mol. The third kappa shape index (κ3) is 3.58. The Bertz CT molecular complexity index is 638. The van der Waals surface area contributed by atoms with E-state index in [2.05, 4.69) is 14.7 Å². The number of hydrogen-bond donors (Lipinski definition) is 0.